The van der Waals surface area contributed by atoms with E-state index in [4.69, 9.17) is 37.4 Å². The lowest BCUT2D eigenvalue weighted by atomic mass is 10.1. The first kappa shape index (κ1) is 18.7. The molecule has 0 atom stereocenters. The molecule has 1 aromatic rings. The summed E-state index contributed by atoms with van der Waals surface area (Å²) in [5, 5.41) is 9.02. The molecule has 132 valence electrons. The largest absolute Gasteiger partial charge is 0.493 e. The summed E-state index contributed by atoms with van der Waals surface area (Å²) in [6.45, 7) is 2.14. The van der Waals surface area contributed by atoms with Crippen molar-refractivity contribution in [2.45, 2.75) is 0 Å². The zero-order chi connectivity index (χ0) is 18.2. The third-order valence-corrected chi connectivity index (χ3v) is 3.82. The predicted molar refractivity (Wildman–Crippen MR) is 96.3 cm³/mol. The molecule has 25 heavy (non-hydrogen) atoms. The van der Waals surface area contributed by atoms with Gasteiger partial charge in [-0.1, -0.05) is 18.3 Å². The first-order chi connectivity index (χ1) is 12.0. The fraction of sp³-hybridized carbons (Fsp3) is 0.353. The molecule has 0 aromatic heterocycles. The van der Waals surface area contributed by atoms with Crippen LogP contribution in [0.15, 0.2) is 23.8 Å². The molecule has 2 rings (SSSR count). The van der Waals surface area contributed by atoms with Crippen LogP contribution in [-0.2, 0) is 9.53 Å². The maximum Gasteiger partial charge on any atom is 0.260 e. The molecule has 1 fully saturated rings. The standard InChI is InChI=1S/C17H19N3O4S/c1-22-15-9-12(8-13(10-18)17(19)25)2-3-14(15)24-11-16(21)20-4-6-23-7-5-20/h2-3,8-9H,4-7,11H2,1H3,(H2,19,25)/b13-8-. The Bertz CT molecular complexity index is 721. The lowest BCUT2D eigenvalue weighted by Crippen LogP contribution is -2.43. The number of benzene rings is 1. The number of hydrogen-bond donors (Lipinski definition) is 1. The number of methoxy groups -OCH3 is 1. The van der Waals surface area contributed by atoms with Gasteiger partial charge < -0.3 is 24.8 Å². The molecule has 1 heterocycles. The Labute approximate surface area is 151 Å². The van der Waals surface area contributed by atoms with Gasteiger partial charge in [0.05, 0.1) is 25.9 Å². The molecule has 1 saturated heterocycles. The van der Waals surface area contributed by atoms with Crippen LogP contribution >= 0.6 is 12.2 Å². The van der Waals surface area contributed by atoms with Crippen LogP contribution in [-0.4, -0.2) is 55.8 Å². The first-order valence-electron chi connectivity index (χ1n) is 7.63. The van der Waals surface area contributed by atoms with E-state index in [2.05, 4.69) is 0 Å². The number of carbonyl (C=O) groups excluding carboxylic acids is 1. The lowest BCUT2D eigenvalue weighted by Gasteiger charge is -2.26. The summed E-state index contributed by atoms with van der Waals surface area (Å²) in [7, 11) is 1.50. The molecule has 0 bridgehead atoms. The van der Waals surface area contributed by atoms with Gasteiger partial charge in [-0.25, -0.2) is 0 Å². The van der Waals surface area contributed by atoms with Gasteiger partial charge in [0.2, 0.25) is 0 Å². The summed E-state index contributed by atoms with van der Waals surface area (Å²) >= 11 is 4.81. The van der Waals surface area contributed by atoms with E-state index >= 15 is 0 Å². The van der Waals surface area contributed by atoms with Crippen molar-refractivity contribution >= 4 is 29.2 Å². The fourth-order valence-electron chi connectivity index (χ4n) is 2.26. The molecule has 0 aliphatic carbocycles. The van der Waals surface area contributed by atoms with E-state index in [1.54, 1.807) is 29.2 Å². The number of nitrogens with zero attached hydrogens (tertiary/aromatic N) is 2. The third kappa shape index (κ3) is 5.17. The molecule has 8 heteroatoms. The second-order valence-electron chi connectivity index (χ2n) is 5.23. The van der Waals surface area contributed by atoms with Crippen molar-refractivity contribution in [3.05, 3.63) is 29.3 Å². The fourth-order valence-corrected chi connectivity index (χ4v) is 2.37. The molecule has 1 aliphatic heterocycles. The minimum absolute atomic E-state index is 0.0258. The van der Waals surface area contributed by atoms with Crippen molar-refractivity contribution in [2.24, 2.45) is 5.73 Å². The smallest absolute Gasteiger partial charge is 0.260 e. The summed E-state index contributed by atoms with van der Waals surface area (Å²) < 4.78 is 16.1. The monoisotopic (exact) mass is 361 g/mol. The highest BCUT2D eigenvalue weighted by atomic mass is 32.1. The normalized spacial score (nSPS) is 14.6. The quantitative estimate of drug-likeness (QED) is 0.461. The number of morpholine rings is 1. The summed E-state index contributed by atoms with van der Waals surface area (Å²) in [5.74, 6) is 0.786. The van der Waals surface area contributed by atoms with E-state index in [0.29, 0.717) is 43.4 Å². The average molecular weight is 361 g/mol. The van der Waals surface area contributed by atoms with Crippen LogP contribution in [0.25, 0.3) is 6.08 Å². The van der Waals surface area contributed by atoms with E-state index in [1.165, 1.54) is 7.11 Å². The zero-order valence-electron chi connectivity index (χ0n) is 13.9. The Hall–Kier alpha value is -2.63. The van der Waals surface area contributed by atoms with Crippen molar-refractivity contribution < 1.29 is 19.0 Å². The SMILES string of the molecule is COc1cc(/C=C(/C#N)C(N)=S)ccc1OCC(=O)N1CCOCC1. The molecular weight excluding hydrogens is 342 g/mol. The van der Waals surface area contributed by atoms with Crippen LogP contribution in [0.2, 0.25) is 0 Å². The molecule has 1 aliphatic rings. The van der Waals surface area contributed by atoms with Crippen LogP contribution in [0.4, 0.5) is 0 Å². The number of amides is 1. The Kier molecular flexibility index (Phi) is 6.74. The summed E-state index contributed by atoms with van der Waals surface area (Å²) in [6.07, 6.45) is 1.56. The molecule has 7 nitrogen and oxygen atoms in total. The Morgan fingerprint density at radius 2 is 2.16 bits per heavy atom. The predicted octanol–water partition coefficient (Wildman–Crippen LogP) is 1.13. The van der Waals surface area contributed by atoms with Crippen molar-refractivity contribution in [3.8, 4) is 17.6 Å². The number of nitrogens with two attached hydrogens (primary N) is 1. The van der Waals surface area contributed by atoms with Gasteiger partial charge in [-0.15, -0.1) is 0 Å². The van der Waals surface area contributed by atoms with Crippen molar-refractivity contribution in [2.75, 3.05) is 40.0 Å². The van der Waals surface area contributed by atoms with Gasteiger partial charge in [-0.2, -0.15) is 5.26 Å². The van der Waals surface area contributed by atoms with Gasteiger partial charge in [0.25, 0.3) is 5.91 Å². The number of carbonyl (C=O) groups is 1. The average Bonchev–Trinajstić information content (AvgIpc) is 2.64. The summed E-state index contributed by atoms with van der Waals surface area (Å²) in [6, 6.07) is 7.03. The molecule has 0 radical (unpaired) electrons. The van der Waals surface area contributed by atoms with Gasteiger partial charge in [0.15, 0.2) is 18.1 Å². The Balaban J connectivity index is 2.07. The van der Waals surface area contributed by atoms with Crippen molar-refractivity contribution in [1.29, 1.82) is 5.26 Å². The number of nitriles is 1. The minimum Gasteiger partial charge on any atom is -0.493 e. The molecule has 1 aromatic carbocycles. The lowest BCUT2D eigenvalue weighted by molar-refractivity contribution is -0.137. The minimum atomic E-state index is -0.102. The molecule has 2 N–H and O–H groups in total. The highest BCUT2D eigenvalue weighted by molar-refractivity contribution is 7.80. The van der Waals surface area contributed by atoms with Crippen LogP contribution in [0.3, 0.4) is 0 Å². The van der Waals surface area contributed by atoms with E-state index in [0.717, 1.165) is 0 Å². The van der Waals surface area contributed by atoms with Gasteiger partial charge >= 0.3 is 0 Å². The first-order valence-corrected chi connectivity index (χ1v) is 8.04. The summed E-state index contributed by atoms with van der Waals surface area (Å²) in [4.78, 5) is 13.9. The van der Waals surface area contributed by atoms with Crippen LogP contribution in [0.5, 0.6) is 11.5 Å². The van der Waals surface area contributed by atoms with Crippen molar-refractivity contribution in [1.82, 2.24) is 4.90 Å². The van der Waals surface area contributed by atoms with Gasteiger partial charge in [0, 0.05) is 13.1 Å². The van der Waals surface area contributed by atoms with E-state index in [9.17, 15) is 4.79 Å². The Morgan fingerprint density at radius 1 is 1.44 bits per heavy atom. The van der Waals surface area contributed by atoms with E-state index in [1.807, 2.05) is 6.07 Å². The van der Waals surface area contributed by atoms with Crippen molar-refractivity contribution in [3.63, 3.8) is 0 Å². The van der Waals surface area contributed by atoms with Crippen LogP contribution < -0.4 is 15.2 Å². The third-order valence-electron chi connectivity index (χ3n) is 3.60. The summed E-state index contributed by atoms with van der Waals surface area (Å²) in [5.41, 5.74) is 6.37. The second-order valence-corrected chi connectivity index (χ2v) is 5.67. The van der Waals surface area contributed by atoms with E-state index < -0.39 is 0 Å². The second kappa shape index (κ2) is 9.01. The zero-order valence-corrected chi connectivity index (χ0v) is 14.7. The highest BCUT2D eigenvalue weighted by Gasteiger charge is 2.18. The Morgan fingerprint density at radius 3 is 2.76 bits per heavy atom. The number of rotatable bonds is 6. The van der Waals surface area contributed by atoms with Gasteiger partial charge in [0.1, 0.15) is 11.1 Å². The number of ether oxygens (including phenoxy) is 3. The topological polar surface area (TPSA) is 97.8 Å². The maximum absolute atomic E-state index is 12.1. The van der Waals surface area contributed by atoms with E-state index in [-0.39, 0.29) is 23.1 Å². The maximum atomic E-state index is 12.1. The van der Waals surface area contributed by atoms with Crippen LogP contribution in [0, 0.1) is 11.3 Å². The number of thiocarbonyl (C=S) groups is 1. The number of hydrogen-bond acceptors (Lipinski definition) is 6. The highest BCUT2D eigenvalue weighted by Crippen LogP contribution is 2.29. The molecule has 0 unspecified atom stereocenters. The molecule has 1 amide bonds. The molecule has 0 saturated carbocycles. The van der Waals surface area contributed by atoms with Gasteiger partial charge in [-0.3, -0.25) is 4.79 Å². The van der Waals surface area contributed by atoms with Gasteiger partial charge in [-0.05, 0) is 23.8 Å². The van der Waals surface area contributed by atoms with Crippen LogP contribution in [0.1, 0.15) is 5.56 Å². The molecular formula is C17H19N3O4S. The molecule has 0 spiro atoms.